The third-order valence-corrected chi connectivity index (χ3v) is 3.26. The predicted octanol–water partition coefficient (Wildman–Crippen LogP) is 2.86. The van der Waals surface area contributed by atoms with Crippen LogP contribution >= 0.6 is 0 Å². The molecule has 1 aliphatic carbocycles. The first-order valence-electron chi connectivity index (χ1n) is 6.35. The maximum absolute atomic E-state index is 13.3. The molecule has 1 fully saturated rings. The number of hydrazone groups is 1. The lowest BCUT2D eigenvalue weighted by atomic mass is 9.89. The Morgan fingerprint density at radius 1 is 1.28 bits per heavy atom. The second-order valence-electron chi connectivity index (χ2n) is 4.59. The van der Waals surface area contributed by atoms with Crippen molar-refractivity contribution in [3.63, 3.8) is 0 Å². The fourth-order valence-corrected chi connectivity index (χ4v) is 2.20. The Morgan fingerprint density at radius 3 is 2.72 bits per heavy atom. The number of benzene rings is 1. The first-order chi connectivity index (χ1) is 8.77. The van der Waals surface area contributed by atoms with Crippen molar-refractivity contribution in [1.82, 2.24) is 5.43 Å². The van der Waals surface area contributed by atoms with Crippen LogP contribution in [0.5, 0.6) is 0 Å². The molecular formula is C14H17FN2O. The third-order valence-electron chi connectivity index (χ3n) is 3.26. The highest BCUT2D eigenvalue weighted by molar-refractivity contribution is 5.83. The average molecular weight is 248 g/mol. The normalized spacial score (nSPS) is 16.9. The Kier molecular flexibility index (Phi) is 4.45. The van der Waals surface area contributed by atoms with Gasteiger partial charge >= 0.3 is 0 Å². The van der Waals surface area contributed by atoms with E-state index in [0.717, 1.165) is 25.7 Å². The van der Waals surface area contributed by atoms with E-state index in [-0.39, 0.29) is 17.6 Å². The number of amides is 1. The van der Waals surface area contributed by atoms with Crippen LogP contribution < -0.4 is 5.43 Å². The zero-order valence-electron chi connectivity index (χ0n) is 10.2. The van der Waals surface area contributed by atoms with Crippen molar-refractivity contribution in [3.05, 3.63) is 35.6 Å². The van der Waals surface area contributed by atoms with Crippen LogP contribution in [0.15, 0.2) is 29.4 Å². The molecule has 0 atom stereocenters. The summed E-state index contributed by atoms with van der Waals surface area (Å²) in [4.78, 5) is 11.8. The molecule has 18 heavy (non-hydrogen) atoms. The highest BCUT2D eigenvalue weighted by atomic mass is 19.1. The van der Waals surface area contributed by atoms with E-state index in [1.54, 1.807) is 18.2 Å². The fourth-order valence-electron chi connectivity index (χ4n) is 2.20. The molecule has 1 N–H and O–H groups in total. The molecule has 0 aromatic heterocycles. The molecule has 1 aliphatic rings. The van der Waals surface area contributed by atoms with E-state index in [0.29, 0.717) is 5.56 Å². The molecule has 0 spiro atoms. The first kappa shape index (κ1) is 12.7. The Labute approximate surface area is 106 Å². The zero-order chi connectivity index (χ0) is 12.8. The van der Waals surface area contributed by atoms with Crippen molar-refractivity contribution in [3.8, 4) is 0 Å². The summed E-state index contributed by atoms with van der Waals surface area (Å²) in [5, 5.41) is 3.81. The van der Waals surface area contributed by atoms with Gasteiger partial charge in [0.15, 0.2) is 0 Å². The number of carbonyl (C=O) groups is 1. The number of rotatable bonds is 3. The lowest BCUT2D eigenvalue weighted by Gasteiger charge is -2.19. The Bertz CT molecular complexity index is 439. The largest absolute Gasteiger partial charge is 0.273 e. The average Bonchev–Trinajstić information content (AvgIpc) is 2.42. The molecular weight excluding hydrogens is 231 g/mol. The molecule has 1 aromatic rings. The third kappa shape index (κ3) is 3.39. The lowest BCUT2D eigenvalue weighted by Crippen LogP contribution is -2.28. The summed E-state index contributed by atoms with van der Waals surface area (Å²) < 4.78 is 13.3. The first-order valence-corrected chi connectivity index (χ1v) is 6.35. The second kappa shape index (κ2) is 6.28. The van der Waals surface area contributed by atoms with Gasteiger partial charge in [0.2, 0.25) is 5.91 Å². The van der Waals surface area contributed by atoms with E-state index in [9.17, 15) is 9.18 Å². The van der Waals surface area contributed by atoms with E-state index >= 15 is 0 Å². The highest BCUT2D eigenvalue weighted by Gasteiger charge is 2.20. The summed E-state index contributed by atoms with van der Waals surface area (Å²) in [6.45, 7) is 0. The smallest absolute Gasteiger partial charge is 0.243 e. The second-order valence-corrected chi connectivity index (χ2v) is 4.59. The van der Waals surface area contributed by atoms with Gasteiger partial charge in [-0.1, -0.05) is 37.5 Å². The molecule has 1 aromatic carbocycles. The number of nitrogens with one attached hydrogen (secondary N) is 1. The van der Waals surface area contributed by atoms with Crippen LogP contribution in [0, 0.1) is 11.7 Å². The van der Waals surface area contributed by atoms with E-state index in [2.05, 4.69) is 10.5 Å². The van der Waals surface area contributed by atoms with Crippen LogP contribution in [0.4, 0.5) is 4.39 Å². The van der Waals surface area contributed by atoms with Crippen molar-refractivity contribution in [2.45, 2.75) is 32.1 Å². The van der Waals surface area contributed by atoms with Crippen molar-refractivity contribution >= 4 is 12.1 Å². The molecule has 0 aliphatic heterocycles. The predicted molar refractivity (Wildman–Crippen MR) is 68.7 cm³/mol. The van der Waals surface area contributed by atoms with Gasteiger partial charge < -0.3 is 0 Å². The van der Waals surface area contributed by atoms with Gasteiger partial charge in [-0.05, 0) is 18.9 Å². The summed E-state index contributed by atoms with van der Waals surface area (Å²) in [7, 11) is 0. The summed E-state index contributed by atoms with van der Waals surface area (Å²) >= 11 is 0. The van der Waals surface area contributed by atoms with Gasteiger partial charge in [-0.3, -0.25) is 4.79 Å². The zero-order valence-corrected chi connectivity index (χ0v) is 10.2. The molecule has 0 radical (unpaired) electrons. The van der Waals surface area contributed by atoms with Crippen LogP contribution in [0.3, 0.4) is 0 Å². The van der Waals surface area contributed by atoms with Gasteiger partial charge in [-0.15, -0.1) is 0 Å². The maximum Gasteiger partial charge on any atom is 0.243 e. The van der Waals surface area contributed by atoms with Crippen LogP contribution in [0.1, 0.15) is 37.7 Å². The number of halogens is 1. The molecule has 0 unspecified atom stereocenters. The molecule has 0 bridgehead atoms. The summed E-state index contributed by atoms with van der Waals surface area (Å²) in [6.07, 6.45) is 6.63. The topological polar surface area (TPSA) is 41.5 Å². The van der Waals surface area contributed by atoms with Gasteiger partial charge in [-0.25, -0.2) is 9.82 Å². The Morgan fingerprint density at radius 2 is 2.00 bits per heavy atom. The Balaban J connectivity index is 1.87. The summed E-state index contributed by atoms with van der Waals surface area (Å²) in [5.74, 6) is -0.327. The van der Waals surface area contributed by atoms with Crippen LogP contribution in [0.2, 0.25) is 0 Å². The monoisotopic (exact) mass is 248 g/mol. The molecule has 2 rings (SSSR count). The number of nitrogens with zero attached hydrogens (tertiary/aromatic N) is 1. The van der Waals surface area contributed by atoms with Gasteiger partial charge in [0.1, 0.15) is 5.82 Å². The van der Waals surface area contributed by atoms with E-state index in [1.165, 1.54) is 18.7 Å². The molecule has 96 valence electrons. The molecule has 1 amide bonds. The maximum atomic E-state index is 13.3. The minimum absolute atomic E-state index is 0.0534. The van der Waals surface area contributed by atoms with Gasteiger partial charge in [0, 0.05) is 11.5 Å². The SMILES string of the molecule is O=C(NN=Cc1ccccc1F)C1CCCCC1. The minimum atomic E-state index is -0.340. The van der Waals surface area contributed by atoms with E-state index < -0.39 is 0 Å². The van der Waals surface area contributed by atoms with E-state index in [1.807, 2.05) is 0 Å². The van der Waals surface area contributed by atoms with Gasteiger partial charge in [0.25, 0.3) is 0 Å². The molecule has 1 saturated carbocycles. The summed E-state index contributed by atoms with van der Waals surface area (Å²) in [6, 6.07) is 6.33. The summed E-state index contributed by atoms with van der Waals surface area (Å²) in [5.41, 5.74) is 2.87. The number of hydrogen-bond acceptors (Lipinski definition) is 2. The number of carbonyl (C=O) groups excluding carboxylic acids is 1. The van der Waals surface area contributed by atoms with Crippen molar-refractivity contribution in [2.24, 2.45) is 11.0 Å². The fraction of sp³-hybridized carbons (Fsp3) is 0.429. The van der Waals surface area contributed by atoms with Gasteiger partial charge in [-0.2, -0.15) is 5.10 Å². The Hall–Kier alpha value is -1.71. The molecule has 0 heterocycles. The van der Waals surface area contributed by atoms with Crippen molar-refractivity contribution in [2.75, 3.05) is 0 Å². The highest BCUT2D eigenvalue weighted by Crippen LogP contribution is 2.23. The van der Waals surface area contributed by atoms with Crippen molar-refractivity contribution in [1.29, 1.82) is 0 Å². The molecule has 0 saturated heterocycles. The quantitative estimate of drug-likeness (QED) is 0.648. The van der Waals surface area contributed by atoms with Crippen molar-refractivity contribution < 1.29 is 9.18 Å². The van der Waals surface area contributed by atoms with Crippen LogP contribution in [0.25, 0.3) is 0 Å². The molecule has 3 nitrogen and oxygen atoms in total. The standard InChI is InChI=1S/C14H17FN2O/c15-13-9-5-4-8-12(13)10-16-17-14(18)11-6-2-1-3-7-11/h4-5,8-11H,1-3,6-7H2,(H,17,18). The van der Waals surface area contributed by atoms with E-state index in [4.69, 9.17) is 0 Å². The molecule has 4 heteroatoms. The van der Waals surface area contributed by atoms with Crippen LogP contribution in [-0.2, 0) is 4.79 Å². The van der Waals surface area contributed by atoms with Crippen LogP contribution in [-0.4, -0.2) is 12.1 Å². The lowest BCUT2D eigenvalue weighted by molar-refractivity contribution is -0.125. The minimum Gasteiger partial charge on any atom is -0.273 e. The number of hydrogen-bond donors (Lipinski definition) is 1. The van der Waals surface area contributed by atoms with Gasteiger partial charge in [0.05, 0.1) is 6.21 Å².